The van der Waals surface area contributed by atoms with E-state index in [0.717, 1.165) is 11.8 Å². The molecule has 0 aliphatic carbocycles. The van der Waals surface area contributed by atoms with Crippen molar-refractivity contribution in [3.05, 3.63) is 71.4 Å². The predicted octanol–water partition coefficient (Wildman–Crippen LogP) is 5.16. The van der Waals surface area contributed by atoms with Crippen LogP contribution in [0.4, 0.5) is 36.3 Å². The quantitative estimate of drug-likeness (QED) is 0.664. The molecule has 1 heterocycles. The van der Waals surface area contributed by atoms with Crippen LogP contribution in [0.25, 0.3) is 0 Å². The molecule has 27 heavy (non-hydrogen) atoms. The Morgan fingerprint density at radius 1 is 1.00 bits per heavy atom. The van der Waals surface area contributed by atoms with Crippen LogP contribution in [0.1, 0.15) is 16.7 Å². The zero-order valence-electron chi connectivity index (χ0n) is 14.2. The average molecular weight is 369 g/mol. The number of nitrogens with one attached hydrogen (secondary N) is 2. The molecule has 0 amide bonds. The maximum Gasteiger partial charge on any atom is 0.421 e. The Bertz CT molecular complexity index is 991. The first-order valence-corrected chi connectivity index (χ1v) is 7.91. The second-order valence-electron chi connectivity index (χ2n) is 5.71. The number of nitrogens with zero attached hydrogens (tertiary/aromatic N) is 3. The zero-order valence-corrected chi connectivity index (χ0v) is 14.2. The average Bonchev–Trinajstić information content (AvgIpc) is 2.63. The van der Waals surface area contributed by atoms with Gasteiger partial charge < -0.3 is 10.6 Å². The van der Waals surface area contributed by atoms with E-state index >= 15 is 0 Å². The van der Waals surface area contributed by atoms with E-state index in [9.17, 15) is 13.2 Å². The van der Waals surface area contributed by atoms with E-state index in [1.807, 2.05) is 25.1 Å². The molecule has 5 nitrogen and oxygen atoms in total. The minimum atomic E-state index is -4.61. The van der Waals surface area contributed by atoms with Gasteiger partial charge in [-0.2, -0.15) is 23.4 Å². The molecule has 0 aliphatic rings. The van der Waals surface area contributed by atoms with E-state index in [0.29, 0.717) is 16.9 Å². The van der Waals surface area contributed by atoms with Gasteiger partial charge in [-0.1, -0.05) is 18.2 Å². The highest BCUT2D eigenvalue weighted by Crippen LogP contribution is 2.35. The van der Waals surface area contributed by atoms with E-state index < -0.39 is 11.7 Å². The summed E-state index contributed by atoms with van der Waals surface area (Å²) >= 11 is 0. The number of halogens is 3. The molecule has 0 spiro atoms. The number of anilines is 4. The number of nitriles is 1. The normalized spacial score (nSPS) is 10.9. The SMILES string of the molecule is Cc1ccccc1Nc1ncc(C(F)(F)F)c(Nc2ccc(C#N)cc2)n1. The molecule has 3 rings (SSSR count). The lowest BCUT2D eigenvalue weighted by molar-refractivity contribution is -0.137. The highest BCUT2D eigenvalue weighted by atomic mass is 19.4. The molecule has 3 aromatic rings. The molecule has 0 saturated carbocycles. The van der Waals surface area contributed by atoms with Crippen molar-refractivity contribution in [1.82, 2.24) is 9.97 Å². The summed E-state index contributed by atoms with van der Waals surface area (Å²) in [5, 5.41) is 14.4. The first-order chi connectivity index (χ1) is 12.9. The number of benzene rings is 2. The van der Waals surface area contributed by atoms with Crippen molar-refractivity contribution in [2.75, 3.05) is 10.6 Å². The minimum Gasteiger partial charge on any atom is -0.340 e. The Kier molecular flexibility index (Phi) is 4.94. The van der Waals surface area contributed by atoms with Crippen molar-refractivity contribution in [3.8, 4) is 6.07 Å². The third kappa shape index (κ3) is 4.33. The molecule has 8 heteroatoms. The molecule has 0 radical (unpaired) electrons. The monoisotopic (exact) mass is 369 g/mol. The van der Waals surface area contributed by atoms with E-state index in [2.05, 4.69) is 20.6 Å². The Morgan fingerprint density at radius 3 is 2.33 bits per heavy atom. The van der Waals surface area contributed by atoms with Crippen molar-refractivity contribution in [1.29, 1.82) is 5.26 Å². The molecule has 0 fully saturated rings. The van der Waals surface area contributed by atoms with Gasteiger partial charge >= 0.3 is 6.18 Å². The molecule has 2 N–H and O–H groups in total. The standard InChI is InChI=1S/C19H14F3N5/c1-12-4-2-3-5-16(12)26-18-24-11-15(19(20,21)22)17(27-18)25-14-8-6-13(10-23)7-9-14/h2-9,11H,1H3,(H2,24,25,26,27). The van der Waals surface area contributed by atoms with E-state index in [1.165, 1.54) is 24.3 Å². The molecule has 0 unspecified atom stereocenters. The Morgan fingerprint density at radius 2 is 1.70 bits per heavy atom. The lowest BCUT2D eigenvalue weighted by Crippen LogP contribution is -2.12. The van der Waals surface area contributed by atoms with Crippen molar-refractivity contribution < 1.29 is 13.2 Å². The Hall–Kier alpha value is -3.60. The maximum absolute atomic E-state index is 13.3. The summed E-state index contributed by atoms with van der Waals surface area (Å²) in [4.78, 5) is 7.78. The molecular weight excluding hydrogens is 355 g/mol. The van der Waals surface area contributed by atoms with E-state index in [4.69, 9.17) is 5.26 Å². The van der Waals surface area contributed by atoms with Gasteiger partial charge in [0.2, 0.25) is 5.95 Å². The summed E-state index contributed by atoms with van der Waals surface area (Å²) in [7, 11) is 0. The molecule has 0 aliphatic heterocycles. The summed E-state index contributed by atoms with van der Waals surface area (Å²) in [6.07, 6.45) is -3.88. The van der Waals surface area contributed by atoms with Crippen LogP contribution < -0.4 is 10.6 Å². The smallest absolute Gasteiger partial charge is 0.340 e. The number of hydrogen-bond donors (Lipinski definition) is 2. The number of hydrogen-bond acceptors (Lipinski definition) is 5. The van der Waals surface area contributed by atoms with Crippen LogP contribution >= 0.6 is 0 Å². The fourth-order valence-corrected chi connectivity index (χ4v) is 2.34. The molecule has 0 atom stereocenters. The predicted molar refractivity (Wildman–Crippen MR) is 95.9 cm³/mol. The van der Waals surface area contributed by atoms with Crippen LogP contribution in [0, 0.1) is 18.3 Å². The van der Waals surface area contributed by atoms with Gasteiger partial charge in [-0.25, -0.2) is 4.98 Å². The minimum absolute atomic E-state index is 0.0356. The fourth-order valence-electron chi connectivity index (χ4n) is 2.34. The van der Waals surface area contributed by atoms with Gasteiger partial charge in [-0.05, 0) is 42.8 Å². The Labute approximate surface area is 153 Å². The molecule has 2 aromatic carbocycles. The van der Waals surface area contributed by atoms with Crippen LogP contribution in [0.5, 0.6) is 0 Å². The summed E-state index contributed by atoms with van der Waals surface area (Å²) < 4.78 is 39.9. The van der Waals surface area contributed by atoms with Gasteiger partial charge in [-0.3, -0.25) is 0 Å². The van der Waals surface area contributed by atoms with Crippen LogP contribution in [-0.4, -0.2) is 9.97 Å². The van der Waals surface area contributed by atoms with Crippen LogP contribution in [0.3, 0.4) is 0 Å². The van der Waals surface area contributed by atoms with Gasteiger partial charge in [-0.15, -0.1) is 0 Å². The largest absolute Gasteiger partial charge is 0.421 e. The Balaban J connectivity index is 1.95. The first kappa shape index (κ1) is 18.2. The highest BCUT2D eigenvalue weighted by Gasteiger charge is 2.35. The summed E-state index contributed by atoms with van der Waals surface area (Å²) in [6.45, 7) is 1.86. The van der Waals surface area contributed by atoms with E-state index in [1.54, 1.807) is 12.1 Å². The molecular formula is C19H14F3N5. The van der Waals surface area contributed by atoms with Crippen molar-refractivity contribution in [2.24, 2.45) is 0 Å². The third-order valence-electron chi connectivity index (χ3n) is 3.76. The van der Waals surface area contributed by atoms with Gasteiger partial charge in [0, 0.05) is 17.6 Å². The van der Waals surface area contributed by atoms with Gasteiger partial charge in [0.15, 0.2) is 0 Å². The van der Waals surface area contributed by atoms with Crippen LogP contribution in [0.15, 0.2) is 54.7 Å². The molecule has 1 aromatic heterocycles. The topological polar surface area (TPSA) is 73.6 Å². The molecule has 136 valence electrons. The van der Waals surface area contributed by atoms with E-state index in [-0.39, 0.29) is 11.8 Å². The maximum atomic E-state index is 13.3. The first-order valence-electron chi connectivity index (χ1n) is 7.91. The van der Waals surface area contributed by atoms with Crippen molar-refractivity contribution >= 4 is 23.1 Å². The molecule has 0 bridgehead atoms. The van der Waals surface area contributed by atoms with Crippen LogP contribution in [0.2, 0.25) is 0 Å². The van der Waals surface area contributed by atoms with Gasteiger partial charge in [0.05, 0.1) is 11.6 Å². The lowest BCUT2D eigenvalue weighted by Gasteiger charge is -2.15. The zero-order chi connectivity index (χ0) is 19.4. The van der Waals surface area contributed by atoms with Crippen molar-refractivity contribution in [2.45, 2.75) is 13.1 Å². The van der Waals surface area contributed by atoms with Crippen molar-refractivity contribution in [3.63, 3.8) is 0 Å². The fraction of sp³-hybridized carbons (Fsp3) is 0.105. The number of alkyl halides is 3. The summed E-state index contributed by atoms with van der Waals surface area (Å²) in [5.74, 6) is -0.341. The summed E-state index contributed by atoms with van der Waals surface area (Å²) in [6, 6.07) is 15.3. The lowest BCUT2D eigenvalue weighted by atomic mass is 10.2. The molecule has 0 saturated heterocycles. The number of aryl methyl sites for hydroxylation is 1. The van der Waals surface area contributed by atoms with Gasteiger partial charge in [0.25, 0.3) is 0 Å². The van der Waals surface area contributed by atoms with Crippen LogP contribution in [-0.2, 0) is 6.18 Å². The second kappa shape index (κ2) is 7.33. The number of rotatable bonds is 4. The third-order valence-corrected chi connectivity index (χ3v) is 3.76. The number of para-hydroxylation sites is 1. The highest BCUT2D eigenvalue weighted by molar-refractivity contribution is 5.64. The summed E-state index contributed by atoms with van der Waals surface area (Å²) in [5.41, 5.74) is 1.40. The van der Waals surface area contributed by atoms with Gasteiger partial charge in [0.1, 0.15) is 11.4 Å². The second-order valence-corrected chi connectivity index (χ2v) is 5.71. The number of aromatic nitrogens is 2.